The number of aromatic nitrogens is 2. The number of amides is 1. The maximum Gasteiger partial charge on any atom is 0.506 e. The van der Waals surface area contributed by atoms with Gasteiger partial charge < -0.3 is 19.2 Å². The van der Waals surface area contributed by atoms with Gasteiger partial charge in [-0.05, 0) is 32.9 Å². The summed E-state index contributed by atoms with van der Waals surface area (Å²) >= 11 is 0. The summed E-state index contributed by atoms with van der Waals surface area (Å²) < 4.78 is 19.9. The van der Waals surface area contributed by atoms with Crippen molar-refractivity contribution in [2.75, 3.05) is 5.32 Å². The van der Waals surface area contributed by atoms with Crippen molar-refractivity contribution in [1.29, 1.82) is 0 Å². The number of ether oxygens (including phenoxy) is 1. The SMILES string of the molecule is CC(C)(C)OC(=O)Nc1cn2c(B(O)O)ccc(F)c2n1. The van der Waals surface area contributed by atoms with E-state index in [1.54, 1.807) is 20.8 Å². The molecule has 2 heterocycles. The first kappa shape index (κ1) is 15.3. The van der Waals surface area contributed by atoms with E-state index in [1.807, 2.05) is 0 Å². The van der Waals surface area contributed by atoms with Crippen molar-refractivity contribution in [3.05, 3.63) is 24.1 Å². The molecular weight excluding hydrogens is 280 g/mol. The number of halogens is 1. The van der Waals surface area contributed by atoms with Gasteiger partial charge in [0.15, 0.2) is 17.3 Å². The summed E-state index contributed by atoms with van der Waals surface area (Å²) in [6.07, 6.45) is 0.536. The Labute approximate surface area is 120 Å². The summed E-state index contributed by atoms with van der Waals surface area (Å²) in [5.41, 5.74) is -0.788. The van der Waals surface area contributed by atoms with Crippen molar-refractivity contribution in [1.82, 2.24) is 9.38 Å². The molecule has 21 heavy (non-hydrogen) atoms. The fraction of sp³-hybridized carbons (Fsp3) is 0.333. The van der Waals surface area contributed by atoms with E-state index in [9.17, 15) is 19.2 Å². The molecular formula is C12H15BFN3O4. The van der Waals surface area contributed by atoms with Gasteiger partial charge in [0.05, 0.1) is 11.8 Å². The number of fused-ring (bicyclic) bond motifs is 1. The lowest BCUT2D eigenvalue weighted by atomic mass is 9.85. The zero-order valence-corrected chi connectivity index (χ0v) is 11.8. The number of anilines is 1. The number of nitrogens with one attached hydrogen (secondary N) is 1. The van der Waals surface area contributed by atoms with Crippen LogP contribution in [0.25, 0.3) is 5.65 Å². The lowest BCUT2D eigenvalue weighted by Gasteiger charge is -2.18. The second-order valence-corrected chi connectivity index (χ2v) is 5.43. The van der Waals surface area contributed by atoms with Crippen LogP contribution in [0.1, 0.15) is 20.8 Å². The number of hydrogen-bond acceptors (Lipinski definition) is 5. The molecule has 7 nitrogen and oxygen atoms in total. The smallest absolute Gasteiger partial charge is 0.444 e. The summed E-state index contributed by atoms with van der Waals surface area (Å²) in [5, 5.41) is 20.8. The van der Waals surface area contributed by atoms with Gasteiger partial charge in [-0.1, -0.05) is 0 Å². The number of imidazole rings is 1. The molecule has 9 heteroatoms. The van der Waals surface area contributed by atoms with Crippen LogP contribution in [-0.2, 0) is 4.74 Å². The molecule has 0 radical (unpaired) electrons. The van der Waals surface area contributed by atoms with Crippen LogP contribution in [-0.4, -0.2) is 38.2 Å². The van der Waals surface area contributed by atoms with Crippen LogP contribution in [0.2, 0.25) is 0 Å². The van der Waals surface area contributed by atoms with Gasteiger partial charge in [0.1, 0.15) is 5.60 Å². The predicted molar refractivity (Wildman–Crippen MR) is 74.8 cm³/mol. The Hall–Kier alpha value is -2.13. The Morgan fingerprint density at radius 1 is 1.43 bits per heavy atom. The van der Waals surface area contributed by atoms with E-state index in [0.29, 0.717) is 0 Å². The molecule has 3 N–H and O–H groups in total. The van der Waals surface area contributed by atoms with Gasteiger partial charge >= 0.3 is 13.2 Å². The molecule has 0 saturated heterocycles. The Bertz CT molecular complexity index is 681. The van der Waals surface area contributed by atoms with Crippen molar-refractivity contribution in [3.8, 4) is 0 Å². The molecule has 0 fully saturated rings. The number of pyridine rings is 1. The third kappa shape index (κ3) is 3.50. The van der Waals surface area contributed by atoms with Crippen molar-refractivity contribution in [3.63, 3.8) is 0 Å². The van der Waals surface area contributed by atoms with Crippen molar-refractivity contribution in [2.45, 2.75) is 26.4 Å². The largest absolute Gasteiger partial charge is 0.506 e. The Morgan fingerprint density at radius 3 is 2.67 bits per heavy atom. The van der Waals surface area contributed by atoms with Gasteiger partial charge in [-0.15, -0.1) is 0 Å². The van der Waals surface area contributed by atoms with Crippen LogP contribution in [0.15, 0.2) is 18.3 Å². The Balaban J connectivity index is 2.33. The first-order valence-electron chi connectivity index (χ1n) is 6.21. The van der Waals surface area contributed by atoms with Gasteiger partial charge in [-0.2, -0.15) is 0 Å². The number of nitrogens with zero attached hydrogens (tertiary/aromatic N) is 2. The van der Waals surface area contributed by atoms with Crippen molar-refractivity contribution >= 4 is 30.3 Å². The average Bonchev–Trinajstić information content (AvgIpc) is 2.70. The molecule has 2 rings (SSSR count). The second-order valence-electron chi connectivity index (χ2n) is 5.43. The molecule has 0 aliphatic heterocycles. The molecule has 0 bridgehead atoms. The molecule has 1 amide bonds. The van der Waals surface area contributed by atoms with E-state index < -0.39 is 24.6 Å². The molecule has 0 aliphatic carbocycles. The fourth-order valence-corrected chi connectivity index (χ4v) is 1.74. The summed E-state index contributed by atoms with van der Waals surface area (Å²) in [7, 11) is -1.79. The standard InChI is InChI=1S/C12H15BFN3O4/c1-12(2,3)21-11(18)16-9-6-17-8(13(19)20)5-4-7(14)10(17)15-9/h4-6,19-20H,1-3H3,(H,16,18). The molecule has 2 aromatic rings. The van der Waals surface area contributed by atoms with Crippen molar-refractivity contribution < 1.29 is 24.0 Å². The molecule has 0 atom stereocenters. The van der Waals surface area contributed by atoms with Crippen LogP contribution in [0.5, 0.6) is 0 Å². The van der Waals surface area contributed by atoms with Gasteiger partial charge in [0.25, 0.3) is 0 Å². The fourth-order valence-electron chi connectivity index (χ4n) is 1.74. The molecule has 112 valence electrons. The predicted octanol–water partition coefficient (Wildman–Crippen LogP) is 0.500. The third-order valence-corrected chi connectivity index (χ3v) is 2.49. The van der Waals surface area contributed by atoms with E-state index in [1.165, 1.54) is 12.3 Å². The van der Waals surface area contributed by atoms with Gasteiger partial charge in [-0.3, -0.25) is 5.32 Å². The highest BCUT2D eigenvalue weighted by atomic mass is 19.1. The van der Waals surface area contributed by atoms with Gasteiger partial charge in [0, 0.05) is 0 Å². The average molecular weight is 295 g/mol. The van der Waals surface area contributed by atoms with Crippen molar-refractivity contribution in [2.24, 2.45) is 0 Å². The number of carbonyl (C=O) groups excluding carboxylic acids is 1. The van der Waals surface area contributed by atoms with E-state index in [0.717, 1.165) is 10.5 Å². The summed E-state index contributed by atoms with van der Waals surface area (Å²) in [4.78, 5) is 15.5. The van der Waals surface area contributed by atoms with Crippen LogP contribution < -0.4 is 10.9 Å². The minimum atomic E-state index is -1.79. The van der Waals surface area contributed by atoms with E-state index in [2.05, 4.69) is 10.3 Å². The monoisotopic (exact) mass is 295 g/mol. The zero-order valence-electron chi connectivity index (χ0n) is 11.8. The quantitative estimate of drug-likeness (QED) is 0.701. The first-order valence-corrected chi connectivity index (χ1v) is 6.21. The van der Waals surface area contributed by atoms with E-state index >= 15 is 0 Å². The van der Waals surface area contributed by atoms with Crippen LogP contribution in [0.4, 0.5) is 15.0 Å². The molecule has 0 saturated carbocycles. The normalized spacial score (nSPS) is 11.5. The molecule has 0 aliphatic rings. The highest BCUT2D eigenvalue weighted by Crippen LogP contribution is 2.14. The van der Waals surface area contributed by atoms with Crippen LogP contribution >= 0.6 is 0 Å². The van der Waals surface area contributed by atoms with Crippen LogP contribution in [0, 0.1) is 5.82 Å². The van der Waals surface area contributed by atoms with E-state index in [-0.39, 0.29) is 17.1 Å². The number of carbonyl (C=O) groups is 1. The summed E-state index contributed by atoms with van der Waals surface area (Å²) in [6.45, 7) is 5.11. The maximum absolute atomic E-state index is 13.7. The Kier molecular flexibility index (Phi) is 3.88. The Morgan fingerprint density at radius 2 is 2.10 bits per heavy atom. The highest BCUT2D eigenvalue weighted by Gasteiger charge is 2.21. The summed E-state index contributed by atoms with van der Waals surface area (Å²) in [6, 6.07) is 2.28. The van der Waals surface area contributed by atoms with Gasteiger partial charge in [0.2, 0.25) is 0 Å². The van der Waals surface area contributed by atoms with Gasteiger partial charge in [-0.25, -0.2) is 14.2 Å². The molecule has 0 aromatic carbocycles. The summed E-state index contributed by atoms with van der Waals surface area (Å²) in [5.74, 6) is -0.618. The van der Waals surface area contributed by atoms with Crippen LogP contribution in [0.3, 0.4) is 0 Å². The zero-order chi connectivity index (χ0) is 15.8. The number of rotatable bonds is 2. The minimum absolute atomic E-state index is 0.0242. The third-order valence-electron chi connectivity index (χ3n) is 2.49. The molecule has 0 spiro atoms. The van der Waals surface area contributed by atoms with E-state index in [4.69, 9.17) is 4.74 Å². The first-order chi connectivity index (χ1) is 9.67. The molecule has 0 unspecified atom stereocenters. The second kappa shape index (κ2) is 5.34. The minimum Gasteiger partial charge on any atom is -0.444 e. The maximum atomic E-state index is 13.7. The molecule has 2 aromatic heterocycles. The highest BCUT2D eigenvalue weighted by molar-refractivity contribution is 6.57. The topological polar surface area (TPSA) is 96.1 Å². The number of hydrogen-bond donors (Lipinski definition) is 3. The lowest BCUT2D eigenvalue weighted by Crippen LogP contribution is -2.35. The lowest BCUT2D eigenvalue weighted by molar-refractivity contribution is 0.0635.